The summed E-state index contributed by atoms with van der Waals surface area (Å²) in [6.07, 6.45) is 0.295. The summed E-state index contributed by atoms with van der Waals surface area (Å²) in [7, 11) is 0. The molecule has 0 saturated carbocycles. The van der Waals surface area contributed by atoms with Crippen LogP contribution in [0.1, 0.15) is 28.5 Å². The first-order valence-electron chi connectivity index (χ1n) is 16.9. The molecular weight excluding hydrogens is 669 g/mol. The Kier molecular flexibility index (Phi) is 10.6. The maximum absolute atomic E-state index is 13.9. The Balaban J connectivity index is 1.03. The molecule has 51 heavy (non-hydrogen) atoms. The normalized spacial score (nSPS) is 21.3. The highest BCUT2D eigenvalue weighted by molar-refractivity contribution is 8.15. The van der Waals surface area contributed by atoms with E-state index in [0.717, 1.165) is 41.3 Å². The lowest BCUT2D eigenvalue weighted by Crippen LogP contribution is -2.43. The van der Waals surface area contributed by atoms with Gasteiger partial charge < -0.3 is 24.8 Å². The van der Waals surface area contributed by atoms with Gasteiger partial charge in [-0.05, 0) is 59.7 Å². The van der Waals surface area contributed by atoms with Crippen molar-refractivity contribution < 1.29 is 29.0 Å². The number of hydrogen-bond acceptors (Lipinski definition) is 10. The van der Waals surface area contributed by atoms with Crippen molar-refractivity contribution in [2.24, 2.45) is 4.99 Å². The summed E-state index contributed by atoms with van der Waals surface area (Å²) >= 11 is 1.37. The number of nitrogens with one attached hydrogen (secondary N) is 1. The second-order valence-electron chi connectivity index (χ2n) is 12.5. The summed E-state index contributed by atoms with van der Waals surface area (Å²) in [6, 6.07) is 29.0. The molecule has 4 heterocycles. The zero-order chi connectivity index (χ0) is 35.2. The van der Waals surface area contributed by atoms with Crippen molar-refractivity contribution in [3.63, 3.8) is 0 Å². The molecule has 1 unspecified atom stereocenters. The zero-order valence-corrected chi connectivity index (χ0v) is 28.7. The van der Waals surface area contributed by atoms with E-state index in [4.69, 9.17) is 14.5 Å². The number of morpholine rings is 1. The van der Waals surface area contributed by atoms with Crippen molar-refractivity contribution >= 4 is 51.9 Å². The van der Waals surface area contributed by atoms with E-state index in [1.54, 1.807) is 35.4 Å². The molecule has 0 aliphatic carbocycles. The lowest BCUT2D eigenvalue weighted by Gasteiger charge is -2.28. The quantitative estimate of drug-likeness (QED) is 0.243. The molecule has 3 fully saturated rings. The third-order valence-corrected chi connectivity index (χ3v) is 10.2. The van der Waals surface area contributed by atoms with Gasteiger partial charge in [0.15, 0.2) is 5.17 Å². The van der Waals surface area contributed by atoms with Crippen LogP contribution in [0.4, 0.5) is 21.9 Å². The van der Waals surface area contributed by atoms with Crippen molar-refractivity contribution in [3.05, 3.63) is 120 Å². The maximum Gasteiger partial charge on any atom is 0.410 e. The number of aliphatic hydroxyl groups excluding tert-OH is 1. The summed E-state index contributed by atoms with van der Waals surface area (Å²) in [5.41, 5.74) is 4.66. The fraction of sp³-hybridized carbons (Fsp3) is 0.289. The molecule has 0 bridgehead atoms. The SMILES string of the molecule is O=C(Nc1ccc(C2S/C(=N\c3ccc(N4CCOCC4)cc3)N(Cc3ccccn3)C2=O)cc1)[C@@H]1C[C@@H](O)CN1C(=O)OCc1ccccc1. The number of amidine groups is 1. The second-order valence-corrected chi connectivity index (χ2v) is 13.5. The van der Waals surface area contributed by atoms with Crippen LogP contribution in [0.15, 0.2) is 108 Å². The number of aromatic nitrogens is 1. The highest BCUT2D eigenvalue weighted by atomic mass is 32.2. The Hall–Kier alpha value is -5.24. The van der Waals surface area contributed by atoms with Crippen LogP contribution < -0.4 is 10.2 Å². The lowest BCUT2D eigenvalue weighted by atomic mass is 10.1. The van der Waals surface area contributed by atoms with Crippen LogP contribution in [-0.2, 0) is 32.2 Å². The average molecular weight is 707 g/mol. The molecule has 3 aliphatic heterocycles. The number of carbonyl (C=O) groups is 3. The predicted octanol–water partition coefficient (Wildman–Crippen LogP) is 5.13. The summed E-state index contributed by atoms with van der Waals surface area (Å²) < 4.78 is 10.9. The summed E-state index contributed by atoms with van der Waals surface area (Å²) in [6.45, 7) is 3.43. The van der Waals surface area contributed by atoms with E-state index >= 15 is 0 Å². The Bertz CT molecular complexity index is 1860. The summed E-state index contributed by atoms with van der Waals surface area (Å²) in [5.74, 6) is -0.548. The number of likely N-dealkylation sites (tertiary alicyclic amines) is 1. The van der Waals surface area contributed by atoms with Crippen molar-refractivity contribution in [2.45, 2.75) is 37.0 Å². The topological polar surface area (TPSA) is 137 Å². The third kappa shape index (κ3) is 8.22. The van der Waals surface area contributed by atoms with Gasteiger partial charge in [0.05, 0.1) is 43.8 Å². The summed E-state index contributed by atoms with van der Waals surface area (Å²) in [5, 5.41) is 13.2. The Labute approximate surface area is 300 Å². The van der Waals surface area contributed by atoms with Crippen molar-refractivity contribution in [1.82, 2.24) is 14.8 Å². The van der Waals surface area contributed by atoms with Gasteiger partial charge in [0.1, 0.15) is 17.9 Å². The van der Waals surface area contributed by atoms with Gasteiger partial charge in [0.2, 0.25) is 11.8 Å². The molecule has 1 aromatic heterocycles. The standard InChI is InChI=1S/C38H38N6O6S/c45-32-22-33(43(24-32)38(48)50-25-26-6-2-1-3-7-26)35(46)40-28-11-9-27(10-12-28)34-36(47)44(23-30-8-4-5-17-39-30)37(51-34)41-29-13-15-31(16-14-29)42-18-20-49-21-19-42/h1-17,32-34,45H,18-25H2,(H,40,46)/b41-37-/t32-,33+,34?/m1/s1. The van der Waals surface area contributed by atoms with Crippen LogP contribution in [0.5, 0.6) is 0 Å². The van der Waals surface area contributed by atoms with E-state index in [1.807, 2.05) is 72.8 Å². The molecule has 3 atom stereocenters. The molecular formula is C38H38N6O6S. The van der Waals surface area contributed by atoms with Crippen LogP contribution >= 0.6 is 11.8 Å². The molecule has 3 amide bonds. The molecule has 3 saturated heterocycles. The van der Waals surface area contributed by atoms with Gasteiger partial charge in [-0.15, -0.1) is 0 Å². The first-order valence-corrected chi connectivity index (χ1v) is 17.7. The van der Waals surface area contributed by atoms with Crippen LogP contribution in [0.3, 0.4) is 0 Å². The molecule has 7 rings (SSSR count). The first-order chi connectivity index (χ1) is 24.9. The largest absolute Gasteiger partial charge is 0.445 e. The van der Waals surface area contributed by atoms with Gasteiger partial charge in [0.25, 0.3) is 0 Å². The molecule has 262 valence electrons. The van der Waals surface area contributed by atoms with Crippen LogP contribution in [0.25, 0.3) is 0 Å². The van der Waals surface area contributed by atoms with Gasteiger partial charge in [-0.3, -0.25) is 24.4 Å². The number of anilines is 2. The molecule has 4 aromatic rings. The summed E-state index contributed by atoms with van der Waals surface area (Å²) in [4.78, 5) is 54.7. The highest BCUT2D eigenvalue weighted by Gasteiger charge is 2.41. The Morgan fingerprint density at radius 3 is 2.43 bits per heavy atom. The van der Waals surface area contributed by atoms with E-state index in [2.05, 4.69) is 15.2 Å². The number of carbonyl (C=O) groups excluding carboxylic acids is 3. The monoisotopic (exact) mass is 706 g/mol. The Morgan fingerprint density at radius 1 is 0.961 bits per heavy atom. The minimum atomic E-state index is -0.892. The van der Waals surface area contributed by atoms with Crippen molar-refractivity contribution in [1.29, 1.82) is 0 Å². The number of benzene rings is 3. The average Bonchev–Trinajstić information content (AvgIpc) is 3.71. The molecule has 3 aliphatic rings. The third-order valence-electron chi connectivity index (χ3n) is 8.94. The number of amides is 3. The van der Waals surface area contributed by atoms with Crippen molar-refractivity contribution in [3.8, 4) is 0 Å². The minimum absolute atomic E-state index is 0.00255. The second kappa shape index (κ2) is 15.8. The van der Waals surface area contributed by atoms with Crippen LogP contribution in [0, 0.1) is 0 Å². The highest BCUT2D eigenvalue weighted by Crippen LogP contribution is 2.41. The smallest absolute Gasteiger partial charge is 0.410 e. The minimum Gasteiger partial charge on any atom is -0.445 e. The van der Waals surface area contributed by atoms with Gasteiger partial charge in [-0.25, -0.2) is 9.79 Å². The zero-order valence-electron chi connectivity index (χ0n) is 27.8. The number of ether oxygens (including phenoxy) is 2. The molecule has 12 nitrogen and oxygen atoms in total. The van der Waals surface area contributed by atoms with Gasteiger partial charge in [-0.1, -0.05) is 60.3 Å². The van der Waals surface area contributed by atoms with Gasteiger partial charge in [-0.2, -0.15) is 0 Å². The van der Waals surface area contributed by atoms with Crippen molar-refractivity contribution in [2.75, 3.05) is 43.1 Å². The molecule has 3 aromatic carbocycles. The fourth-order valence-electron chi connectivity index (χ4n) is 6.25. The Morgan fingerprint density at radius 2 is 1.71 bits per heavy atom. The number of nitrogens with zero attached hydrogens (tertiary/aromatic N) is 5. The number of β-amino-alcohol motifs (C(OH)–C–C–N with tert-alkyl or cyclic N) is 1. The molecule has 0 radical (unpaired) electrons. The van der Waals surface area contributed by atoms with E-state index in [-0.39, 0.29) is 32.0 Å². The van der Waals surface area contributed by atoms with Crippen LogP contribution in [-0.4, -0.2) is 88.0 Å². The predicted molar refractivity (Wildman–Crippen MR) is 195 cm³/mol. The lowest BCUT2D eigenvalue weighted by molar-refractivity contribution is -0.126. The fourth-order valence-corrected chi connectivity index (χ4v) is 7.43. The van der Waals surface area contributed by atoms with E-state index in [1.165, 1.54) is 16.7 Å². The first kappa shape index (κ1) is 34.2. The number of hydrogen-bond donors (Lipinski definition) is 2. The van der Waals surface area contributed by atoms with E-state index in [9.17, 15) is 19.5 Å². The molecule has 13 heteroatoms. The van der Waals surface area contributed by atoms with Crippen LogP contribution in [0.2, 0.25) is 0 Å². The van der Waals surface area contributed by atoms with E-state index < -0.39 is 29.4 Å². The number of thioether (sulfide) groups is 1. The number of pyridine rings is 1. The number of rotatable bonds is 9. The van der Waals surface area contributed by atoms with E-state index in [0.29, 0.717) is 24.1 Å². The molecule has 0 spiro atoms. The van der Waals surface area contributed by atoms with Gasteiger partial charge >= 0.3 is 6.09 Å². The number of aliphatic imine (C=N–C) groups is 1. The molecule has 2 N–H and O–H groups in total. The number of aliphatic hydroxyl groups is 1. The maximum atomic E-state index is 13.9. The van der Waals surface area contributed by atoms with Gasteiger partial charge in [0, 0.05) is 37.1 Å².